The molecule has 0 saturated heterocycles. The molecule has 0 bridgehead atoms. The Morgan fingerprint density at radius 3 is 2.81 bits per heavy atom. The van der Waals surface area contributed by atoms with Crippen molar-refractivity contribution in [2.45, 2.75) is 38.6 Å². The highest BCUT2D eigenvalue weighted by Gasteiger charge is 2.21. The van der Waals surface area contributed by atoms with E-state index in [2.05, 4.69) is 27.2 Å². The van der Waals surface area contributed by atoms with Gasteiger partial charge in [-0.25, -0.2) is 4.68 Å². The molecule has 0 amide bonds. The first-order valence-electron chi connectivity index (χ1n) is 7.80. The van der Waals surface area contributed by atoms with Crippen LogP contribution in [0.5, 0.6) is 5.75 Å². The number of benzene rings is 1. The van der Waals surface area contributed by atoms with Crippen molar-refractivity contribution in [3.05, 3.63) is 41.7 Å². The number of fused-ring (bicyclic) bond motifs is 1. The Morgan fingerprint density at radius 1 is 1.29 bits per heavy atom. The number of aromatic nitrogens is 2. The SMILES string of the molecule is CCOc1ccc(-n2ncc3c2CCCCC3NC)cc1. The quantitative estimate of drug-likeness (QED) is 0.876. The molecule has 0 saturated carbocycles. The number of nitrogens with zero attached hydrogens (tertiary/aromatic N) is 2. The van der Waals surface area contributed by atoms with Crippen LogP contribution in [0, 0.1) is 0 Å². The lowest BCUT2D eigenvalue weighted by atomic mass is 10.1. The Labute approximate surface area is 126 Å². The van der Waals surface area contributed by atoms with Gasteiger partial charge in [-0.3, -0.25) is 0 Å². The molecule has 1 aliphatic carbocycles. The van der Waals surface area contributed by atoms with Gasteiger partial charge >= 0.3 is 0 Å². The van der Waals surface area contributed by atoms with Gasteiger partial charge < -0.3 is 10.1 Å². The Bertz CT molecular complexity index is 589. The zero-order valence-electron chi connectivity index (χ0n) is 12.8. The third kappa shape index (κ3) is 2.81. The summed E-state index contributed by atoms with van der Waals surface area (Å²) in [4.78, 5) is 0. The van der Waals surface area contributed by atoms with Gasteiger partial charge in [-0.1, -0.05) is 6.42 Å². The van der Waals surface area contributed by atoms with Crippen molar-refractivity contribution in [3.63, 3.8) is 0 Å². The van der Waals surface area contributed by atoms with Crippen molar-refractivity contribution >= 4 is 0 Å². The fourth-order valence-corrected chi connectivity index (χ4v) is 3.10. The van der Waals surface area contributed by atoms with E-state index < -0.39 is 0 Å². The third-order valence-electron chi connectivity index (χ3n) is 4.17. The summed E-state index contributed by atoms with van der Waals surface area (Å²) in [7, 11) is 2.04. The maximum atomic E-state index is 5.51. The Kier molecular flexibility index (Phi) is 4.25. The van der Waals surface area contributed by atoms with E-state index in [1.165, 1.54) is 30.5 Å². The molecule has 0 fully saturated rings. The first-order valence-corrected chi connectivity index (χ1v) is 7.80. The number of ether oxygens (including phenoxy) is 1. The van der Waals surface area contributed by atoms with Gasteiger partial charge in [0.05, 0.1) is 18.5 Å². The van der Waals surface area contributed by atoms with Gasteiger partial charge in [0.2, 0.25) is 0 Å². The van der Waals surface area contributed by atoms with Crippen molar-refractivity contribution in [2.75, 3.05) is 13.7 Å². The first-order chi connectivity index (χ1) is 10.3. The zero-order valence-corrected chi connectivity index (χ0v) is 12.8. The highest BCUT2D eigenvalue weighted by molar-refractivity contribution is 5.40. The molecule has 1 aromatic carbocycles. The van der Waals surface area contributed by atoms with Crippen molar-refractivity contribution in [1.29, 1.82) is 0 Å². The summed E-state index contributed by atoms with van der Waals surface area (Å²) in [5, 5.41) is 8.04. The van der Waals surface area contributed by atoms with Crippen molar-refractivity contribution in [1.82, 2.24) is 15.1 Å². The van der Waals surface area contributed by atoms with E-state index in [1.54, 1.807) is 0 Å². The molecule has 1 aliphatic rings. The predicted molar refractivity (Wildman–Crippen MR) is 84.1 cm³/mol. The lowest BCUT2D eigenvalue weighted by Crippen LogP contribution is -2.16. The fraction of sp³-hybridized carbons (Fsp3) is 0.471. The monoisotopic (exact) mass is 285 g/mol. The van der Waals surface area contributed by atoms with E-state index in [9.17, 15) is 0 Å². The van der Waals surface area contributed by atoms with Crippen LogP contribution in [0.1, 0.15) is 43.5 Å². The van der Waals surface area contributed by atoms with Crippen LogP contribution in [0.25, 0.3) is 5.69 Å². The first kappa shape index (κ1) is 14.1. The number of hydrogen-bond acceptors (Lipinski definition) is 3. The Morgan fingerprint density at radius 2 is 2.10 bits per heavy atom. The van der Waals surface area contributed by atoms with Gasteiger partial charge in [-0.05, 0) is 57.5 Å². The molecule has 3 rings (SSSR count). The zero-order chi connectivity index (χ0) is 14.7. The number of nitrogens with one attached hydrogen (secondary N) is 1. The van der Waals surface area contributed by atoms with Crippen LogP contribution in [-0.4, -0.2) is 23.4 Å². The average molecular weight is 285 g/mol. The molecular formula is C17H23N3O. The maximum Gasteiger partial charge on any atom is 0.119 e. The second-order valence-corrected chi connectivity index (χ2v) is 5.47. The summed E-state index contributed by atoms with van der Waals surface area (Å²) in [6.45, 7) is 2.69. The van der Waals surface area contributed by atoms with Gasteiger partial charge in [-0.2, -0.15) is 5.10 Å². The predicted octanol–water partition coefficient (Wildman–Crippen LogP) is 3.26. The molecule has 1 aromatic heterocycles. The van der Waals surface area contributed by atoms with E-state index in [-0.39, 0.29) is 0 Å². The van der Waals surface area contributed by atoms with Crippen molar-refractivity contribution in [3.8, 4) is 11.4 Å². The van der Waals surface area contributed by atoms with Gasteiger partial charge in [-0.15, -0.1) is 0 Å². The van der Waals surface area contributed by atoms with Crippen molar-refractivity contribution in [2.24, 2.45) is 0 Å². The van der Waals surface area contributed by atoms with E-state index >= 15 is 0 Å². The second-order valence-electron chi connectivity index (χ2n) is 5.47. The third-order valence-corrected chi connectivity index (χ3v) is 4.17. The molecule has 1 unspecified atom stereocenters. The van der Waals surface area contributed by atoms with Crippen LogP contribution in [0.2, 0.25) is 0 Å². The maximum absolute atomic E-state index is 5.51. The normalized spacial score (nSPS) is 18.1. The minimum atomic E-state index is 0.430. The molecule has 0 radical (unpaired) electrons. The average Bonchev–Trinajstić information content (AvgIpc) is 2.82. The minimum absolute atomic E-state index is 0.430. The fourth-order valence-electron chi connectivity index (χ4n) is 3.10. The lowest BCUT2D eigenvalue weighted by molar-refractivity contribution is 0.340. The molecule has 0 aliphatic heterocycles. The molecule has 4 heteroatoms. The molecule has 2 aromatic rings. The molecule has 0 spiro atoms. The highest BCUT2D eigenvalue weighted by atomic mass is 16.5. The molecular weight excluding hydrogens is 262 g/mol. The smallest absolute Gasteiger partial charge is 0.119 e. The van der Waals surface area contributed by atoms with E-state index in [0.29, 0.717) is 12.6 Å². The largest absolute Gasteiger partial charge is 0.494 e. The summed E-state index contributed by atoms with van der Waals surface area (Å²) in [5.74, 6) is 0.910. The van der Waals surface area contributed by atoms with Gasteiger partial charge in [0.1, 0.15) is 5.75 Å². The molecule has 21 heavy (non-hydrogen) atoms. The van der Waals surface area contributed by atoms with Gasteiger partial charge in [0.25, 0.3) is 0 Å². The van der Waals surface area contributed by atoms with Crippen LogP contribution < -0.4 is 10.1 Å². The Balaban J connectivity index is 1.94. The molecule has 1 heterocycles. The topological polar surface area (TPSA) is 39.1 Å². The summed E-state index contributed by atoms with van der Waals surface area (Å²) >= 11 is 0. The van der Waals surface area contributed by atoms with E-state index in [0.717, 1.165) is 17.9 Å². The van der Waals surface area contributed by atoms with Crippen LogP contribution in [-0.2, 0) is 6.42 Å². The summed E-state index contributed by atoms with van der Waals surface area (Å²) in [6.07, 6.45) is 6.81. The van der Waals surface area contributed by atoms with Crippen LogP contribution in [0.4, 0.5) is 0 Å². The standard InChI is InChI=1S/C17H23N3O/c1-3-21-14-10-8-13(9-11-14)20-17-7-5-4-6-16(18-2)15(17)12-19-20/h8-12,16,18H,3-7H2,1-2H3. The lowest BCUT2D eigenvalue weighted by Gasteiger charge is -2.13. The van der Waals surface area contributed by atoms with Crippen molar-refractivity contribution < 1.29 is 4.74 Å². The summed E-state index contributed by atoms with van der Waals surface area (Å²) in [6, 6.07) is 8.62. The van der Waals surface area contributed by atoms with Crippen LogP contribution in [0.3, 0.4) is 0 Å². The summed E-state index contributed by atoms with van der Waals surface area (Å²) in [5.41, 5.74) is 3.80. The Hall–Kier alpha value is -1.81. The molecule has 112 valence electrons. The van der Waals surface area contributed by atoms with E-state index in [1.807, 2.05) is 32.3 Å². The van der Waals surface area contributed by atoms with Crippen LogP contribution in [0.15, 0.2) is 30.5 Å². The minimum Gasteiger partial charge on any atom is -0.494 e. The van der Waals surface area contributed by atoms with E-state index in [4.69, 9.17) is 4.74 Å². The van der Waals surface area contributed by atoms with Crippen LogP contribution >= 0.6 is 0 Å². The molecule has 1 N–H and O–H groups in total. The van der Waals surface area contributed by atoms with Gasteiger partial charge in [0.15, 0.2) is 0 Å². The summed E-state index contributed by atoms with van der Waals surface area (Å²) < 4.78 is 7.59. The highest BCUT2D eigenvalue weighted by Crippen LogP contribution is 2.30. The number of hydrogen-bond donors (Lipinski definition) is 1. The molecule has 4 nitrogen and oxygen atoms in total. The number of rotatable bonds is 4. The van der Waals surface area contributed by atoms with Gasteiger partial charge in [0, 0.05) is 17.3 Å². The second kappa shape index (κ2) is 6.31. The molecule has 1 atom stereocenters.